The number of nitrogens with zero attached hydrogens (tertiary/aromatic N) is 1. The summed E-state index contributed by atoms with van der Waals surface area (Å²) in [5.74, 6) is -0.353. The van der Waals surface area contributed by atoms with E-state index in [-0.39, 0.29) is 36.8 Å². The number of hydrogen-bond donors (Lipinski definition) is 1. The Balaban J connectivity index is 2.18. The summed E-state index contributed by atoms with van der Waals surface area (Å²) in [4.78, 5) is 27.0. The van der Waals surface area contributed by atoms with Crippen molar-refractivity contribution < 1.29 is 18.7 Å². The maximum atomic E-state index is 13.2. The Bertz CT molecular complexity index is 877. The van der Waals surface area contributed by atoms with Gasteiger partial charge in [0.15, 0.2) is 6.61 Å². The van der Waals surface area contributed by atoms with Crippen molar-refractivity contribution in [1.82, 2.24) is 10.2 Å². The number of carbonyl (C=O) groups is 2. The van der Waals surface area contributed by atoms with Crippen molar-refractivity contribution in [3.8, 4) is 5.75 Å². The second kappa shape index (κ2) is 10.6. The second-order valence-corrected chi connectivity index (χ2v) is 8.44. The number of halogens is 2. The SMILES string of the molecule is Cc1cc(OCC(=O)N(Cc2ccc(F)cc2)[C@H](C)C(=O)NC(C)C)cc(C)c1Br. The summed E-state index contributed by atoms with van der Waals surface area (Å²) in [6, 6.07) is 8.82. The van der Waals surface area contributed by atoms with E-state index in [4.69, 9.17) is 4.74 Å². The van der Waals surface area contributed by atoms with Crippen LogP contribution in [0.15, 0.2) is 40.9 Å². The maximum Gasteiger partial charge on any atom is 0.261 e. The van der Waals surface area contributed by atoms with Gasteiger partial charge in [0.05, 0.1) is 0 Å². The monoisotopic (exact) mass is 478 g/mol. The number of aryl methyl sites for hydroxylation is 2. The minimum atomic E-state index is -0.707. The molecule has 0 unspecified atom stereocenters. The van der Waals surface area contributed by atoms with Gasteiger partial charge in [0.2, 0.25) is 5.91 Å². The average molecular weight is 479 g/mol. The van der Waals surface area contributed by atoms with Gasteiger partial charge in [-0.1, -0.05) is 28.1 Å². The molecule has 7 heteroatoms. The minimum Gasteiger partial charge on any atom is -0.484 e. The highest BCUT2D eigenvalue weighted by Gasteiger charge is 2.27. The summed E-state index contributed by atoms with van der Waals surface area (Å²) < 4.78 is 20.0. The summed E-state index contributed by atoms with van der Waals surface area (Å²) in [5, 5.41) is 2.83. The lowest BCUT2D eigenvalue weighted by Gasteiger charge is -2.29. The molecule has 0 radical (unpaired) electrons. The van der Waals surface area contributed by atoms with Crippen molar-refractivity contribution in [2.75, 3.05) is 6.61 Å². The van der Waals surface area contributed by atoms with Crippen LogP contribution in [0.1, 0.15) is 37.5 Å². The van der Waals surface area contributed by atoms with Gasteiger partial charge in [0.25, 0.3) is 5.91 Å². The summed E-state index contributed by atoms with van der Waals surface area (Å²) in [5.41, 5.74) is 2.74. The Hall–Kier alpha value is -2.41. The van der Waals surface area contributed by atoms with Crippen LogP contribution in [-0.2, 0) is 16.1 Å². The van der Waals surface area contributed by atoms with E-state index in [1.165, 1.54) is 17.0 Å². The molecule has 0 saturated carbocycles. The van der Waals surface area contributed by atoms with Gasteiger partial charge in [-0.3, -0.25) is 9.59 Å². The van der Waals surface area contributed by atoms with Crippen LogP contribution in [0.25, 0.3) is 0 Å². The lowest BCUT2D eigenvalue weighted by molar-refractivity contribution is -0.142. The van der Waals surface area contributed by atoms with E-state index in [9.17, 15) is 14.0 Å². The number of ether oxygens (including phenoxy) is 1. The number of hydrogen-bond acceptors (Lipinski definition) is 3. The number of nitrogens with one attached hydrogen (secondary N) is 1. The lowest BCUT2D eigenvalue weighted by Crippen LogP contribution is -2.50. The van der Waals surface area contributed by atoms with Gasteiger partial charge in [-0.05, 0) is 75.6 Å². The zero-order valence-corrected chi connectivity index (χ0v) is 19.5. The predicted octanol–water partition coefficient (Wildman–Crippen LogP) is 4.53. The van der Waals surface area contributed by atoms with E-state index in [0.717, 1.165) is 21.2 Å². The van der Waals surface area contributed by atoms with Crippen LogP contribution in [0.3, 0.4) is 0 Å². The van der Waals surface area contributed by atoms with Crippen LogP contribution in [0.4, 0.5) is 4.39 Å². The highest BCUT2D eigenvalue weighted by Crippen LogP contribution is 2.26. The summed E-state index contributed by atoms with van der Waals surface area (Å²) in [6.45, 7) is 9.26. The third kappa shape index (κ3) is 6.55. The van der Waals surface area contributed by atoms with E-state index in [0.29, 0.717) is 5.75 Å². The third-order valence-corrected chi connectivity index (χ3v) is 5.89. The summed E-state index contributed by atoms with van der Waals surface area (Å²) >= 11 is 3.51. The van der Waals surface area contributed by atoms with Gasteiger partial charge < -0.3 is 15.0 Å². The molecular formula is C23H28BrFN2O3. The molecule has 0 saturated heterocycles. The van der Waals surface area contributed by atoms with E-state index in [1.54, 1.807) is 19.1 Å². The summed E-state index contributed by atoms with van der Waals surface area (Å²) in [6.07, 6.45) is 0. The smallest absolute Gasteiger partial charge is 0.261 e. The molecule has 0 aliphatic heterocycles. The molecule has 0 heterocycles. The average Bonchev–Trinajstić information content (AvgIpc) is 2.68. The van der Waals surface area contributed by atoms with Gasteiger partial charge in [0.1, 0.15) is 17.6 Å². The van der Waals surface area contributed by atoms with Crippen LogP contribution in [0, 0.1) is 19.7 Å². The molecule has 0 aliphatic rings. The van der Waals surface area contributed by atoms with Crippen LogP contribution >= 0.6 is 15.9 Å². The van der Waals surface area contributed by atoms with Crippen molar-refractivity contribution in [3.05, 3.63) is 63.4 Å². The van der Waals surface area contributed by atoms with Crippen molar-refractivity contribution in [1.29, 1.82) is 0 Å². The number of benzene rings is 2. The second-order valence-electron chi connectivity index (χ2n) is 7.65. The fourth-order valence-electron chi connectivity index (χ4n) is 2.99. The normalized spacial score (nSPS) is 11.9. The molecule has 1 atom stereocenters. The van der Waals surface area contributed by atoms with Gasteiger partial charge in [-0.15, -0.1) is 0 Å². The molecule has 0 aliphatic carbocycles. The van der Waals surface area contributed by atoms with Gasteiger partial charge in [-0.2, -0.15) is 0 Å². The molecular weight excluding hydrogens is 451 g/mol. The molecule has 0 fully saturated rings. The molecule has 30 heavy (non-hydrogen) atoms. The van der Waals surface area contributed by atoms with Crippen molar-refractivity contribution >= 4 is 27.7 Å². The van der Waals surface area contributed by atoms with E-state index in [1.807, 2.05) is 39.8 Å². The van der Waals surface area contributed by atoms with Gasteiger partial charge in [0, 0.05) is 17.1 Å². The van der Waals surface area contributed by atoms with Crippen molar-refractivity contribution in [3.63, 3.8) is 0 Å². The van der Waals surface area contributed by atoms with Crippen molar-refractivity contribution in [2.45, 2.75) is 53.2 Å². The highest BCUT2D eigenvalue weighted by atomic mass is 79.9. The first kappa shape index (κ1) is 23.9. The lowest BCUT2D eigenvalue weighted by atomic mass is 10.1. The Morgan fingerprint density at radius 3 is 2.20 bits per heavy atom. The fraction of sp³-hybridized carbons (Fsp3) is 0.391. The number of carbonyl (C=O) groups excluding carboxylic acids is 2. The Kier molecular flexibility index (Phi) is 8.41. The molecule has 5 nitrogen and oxygen atoms in total. The zero-order valence-electron chi connectivity index (χ0n) is 18.0. The van der Waals surface area contributed by atoms with Gasteiger partial charge in [-0.25, -0.2) is 4.39 Å². The quantitative estimate of drug-likeness (QED) is 0.606. The predicted molar refractivity (Wildman–Crippen MR) is 119 cm³/mol. The molecule has 2 rings (SSSR count). The molecule has 2 aromatic carbocycles. The molecule has 2 amide bonds. The fourth-order valence-corrected chi connectivity index (χ4v) is 3.22. The molecule has 0 aromatic heterocycles. The molecule has 1 N–H and O–H groups in total. The largest absolute Gasteiger partial charge is 0.484 e. The zero-order chi connectivity index (χ0) is 22.4. The summed E-state index contributed by atoms with van der Waals surface area (Å²) in [7, 11) is 0. The highest BCUT2D eigenvalue weighted by molar-refractivity contribution is 9.10. The van der Waals surface area contributed by atoms with Crippen LogP contribution < -0.4 is 10.1 Å². The Morgan fingerprint density at radius 2 is 1.67 bits per heavy atom. The standard InChI is InChI=1S/C23H28BrFN2O3/c1-14(2)26-23(29)17(5)27(12-18-6-8-19(25)9-7-18)21(28)13-30-20-10-15(3)22(24)16(4)11-20/h6-11,14,17H,12-13H2,1-5H3,(H,26,29)/t17-/m1/s1. The molecule has 0 spiro atoms. The Labute approximate surface area is 185 Å². The van der Waals surface area contributed by atoms with E-state index >= 15 is 0 Å². The van der Waals surface area contributed by atoms with E-state index in [2.05, 4.69) is 21.2 Å². The van der Waals surface area contributed by atoms with Crippen LogP contribution in [0.5, 0.6) is 5.75 Å². The minimum absolute atomic E-state index is 0.0484. The van der Waals surface area contributed by atoms with E-state index < -0.39 is 6.04 Å². The Morgan fingerprint density at radius 1 is 1.10 bits per heavy atom. The van der Waals surface area contributed by atoms with Crippen LogP contribution in [0.2, 0.25) is 0 Å². The topological polar surface area (TPSA) is 58.6 Å². The van der Waals surface area contributed by atoms with Gasteiger partial charge >= 0.3 is 0 Å². The first-order valence-electron chi connectivity index (χ1n) is 9.82. The first-order valence-corrected chi connectivity index (χ1v) is 10.6. The number of amides is 2. The first-order chi connectivity index (χ1) is 14.1. The number of rotatable bonds is 8. The molecule has 162 valence electrons. The third-order valence-electron chi connectivity index (χ3n) is 4.64. The van der Waals surface area contributed by atoms with Crippen LogP contribution in [-0.4, -0.2) is 35.4 Å². The maximum absolute atomic E-state index is 13.2. The van der Waals surface area contributed by atoms with Crippen molar-refractivity contribution in [2.24, 2.45) is 0 Å². The molecule has 0 bridgehead atoms. The molecule has 2 aromatic rings.